The van der Waals surface area contributed by atoms with E-state index in [1.54, 1.807) is 0 Å². The molecule has 1 N–H and O–H groups in total. The van der Waals surface area contributed by atoms with Crippen molar-refractivity contribution >= 4 is 0 Å². The molecule has 0 saturated carbocycles. The van der Waals surface area contributed by atoms with Gasteiger partial charge in [-0.15, -0.1) is 0 Å². The molecule has 4 heteroatoms. The zero-order valence-electron chi connectivity index (χ0n) is 9.60. The van der Waals surface area contributed by atoms with Gasteiger partial charge in [0.1, 0.15) is 5.82 Å². The van der Waals surface area contributed by atoms with Gasteiger partial charge in [0.25, 0.3) is 0 Å². The third kappa shape index (κ3) is 1.92. The van der Waals surface area contributed by atoms with Gasteiger partial charge in [0.2, 0.25) is 0 Å². The summed E-state index contributed by atoms with van der Waals surface area (Å²) >= 11 is 0. The Morgan fingerprint density at radius 3 is 2.93 bits per heavy atom. The van der Waals surface area contributed by atoms with Crippen LogP contribution in [-0.4, -0.2) is 29.3 Å². The topological polar surface area (TPSA) is 39.1 Å². The quantitative estimate of drug-likeness (QED) is 0.810. The van der Waals surface area contributed by atoms with Crippen LogP contribution in [0.3, 0.4) is 0 Å². The monoisotopic (exact) mass is 209 g/mol. The lowest BCUT2D eigenvalue weighted by Gasteiger charge is -2.25. The normalized spacial score (nSPS) is 28.2. The van der Waals surface area contributed by atoms with E-state index in [-0.39, 0.29) is 12.1 Å². The molecule has 1 fully saturated rings. The van der Waals surface area contributed by atoms with Gasteiger partial charge in [0.15, 0.2) is 0 Å². The molecule has 1 aliphatic rings. The molecule has 0 spiro atoms. The highest BCUT2D eigenvalue weighted by atomic mass is 16.5. The Bertz CT molecular complexity index is 323. The summed E-state index contributed by atoms with van der Waals surface area (Å²) < 4.78 is 7.83. The molecule has 1 aromatic heterocycles. The molecule has 0 aliphatic carbocycles. The van der Waals surface area contributed by atoms with Crippen molar-refractivity contribution in [1.82, 2.24) is 14.9 Å². The molecule has 84 valence electrons. The van der Waals surface area contributed by atoms with Crippen LogP contribution in [0.15, 0.2) is 12.4 Å². The van der Waals surface area contributed by atoms with E-state index < -0.39 is 0 Å². The summed E-state index contributed by atoms with van der Waals surface area (Å²) in [5.41, 5.74) is 0. The average molecular weight is 209 g/mol. The number of hydrogen-bond acceptors (Lipinski definition) is 3. The molecule has 0 radical (unpaired) electrons. The maximum atomic E-state index is 5.78. The highest BCUT2D eigenvalue weighted by molar-refractivity contribution is 5.03. The minimum atomic E-state index is 0.197. The molecule has 4 nitrogen and oxygen atoms in total. The van der Waals surface area contributed by atoms with Crippen molar-refractivity contribution in [2.45, 2.75) is 25.5 Å². The van der Waals surface area contributed by atoms with E-state index in [2.05, 4.69) is 21.8 Å². The number of rotatable bonds is 3. The van der Waals surface area contributed by atoms with Gasteiger partial charge in [0, 0.05) is 26.0 Å². The number of aromatic nitrogens is 2. The van der Waals surface area contributed by atoms with E-state index in [1.807, 2.05) is 26.5 Å². The van der Waals surface area contributed by atoms with E-state index in [0.29, 0.717) is 5.92 Å². The van der Waals surface area contributed by atoms with Crippen molar-refractivity contribution < 1.29 is 4.74 Å². The van der Waals surface area contributed by atoms with Gasteiger partial charge in [0.05, 0.1) is 12.1 Å². The summed E-state index contributed by atoms with van der Waals surface area (Å²) in [5.74, 6) is 1.65. The predicted molar refractivity (Wildman–Crippen MR) is 58.5 cm³/mol. The summed E-state index contributed by atoms with van der Waals surface area (Å²) in [5, 5.41) is 3.31. The smallest absolute Gasteiger partial charge is 0.128 e. The fourth-order valence-electron chi connectivity index (χ4n) is 2.26. The minimum absolute atomic E-state index is 0.197. The standard InChI is InChI=1S/C11H19N3O/c1-8-4-7-15-10(8)9(12-2)11-13-5-6-14(11)3/h5-6,8-10,12H,4,7H2,1-3H3. The van der Waals surface area contributed by atoms with Gasteiger partial charge in [-0.05, 0) is 19.4 Å². The lowest BCUT2D eigenvalue weighted by molar-refractivity contribution is 0.0597. The first-order valence-corrected chi connectivity index (χ1v) is 5.50. The molecule has 3 atom stereocenters. The maximum absolute atomic E-state index is 5.78. The Morgan fingerprint density at radius 1 is 1.67 bits per heavy atom. The lowest BCUT2D eigenvalue weighted by atomic mass is 9.97. The minimum Gasteiger partial charge on any atom is -0.376 e. The zero-order valence-corrected chi connectivity index (χ0v) is 9.60. The van der Waals surface area contributed by atoms with Crippen molar-refractivity contribution in [2.75, 3.05) is 13.7 Å². The van der Waals surface area contributed by atoms with Gasteiger partial charge in [-0.3, -0.25) is 0 Å². The number of ether oxygens (including phenoxy) is 1. The van der Waals surface area contributed by atoms with Crippen LogP contribution >= 0.6 is 0 Å². The Hall–Kier alpha value is -0.870. The Morgan fingerprint density at radius 2 is 2.47 bits per heavy atom. The summed E-state index contributed by atoms with van der Waals surface area (Å²) in [6.07, 6.45) is 5.20. The van der Waals surface area contributed by atoms with Crippen LogP contribution in [0.25, 0.3) is 0 Å². The van der Waals surface area contributed by atoms with Crippen LogP contribution in [0.2, 0.25) is 0 Å². The van der Waals surface area contributed by atoms with Crippen LogP contribution in [-0.2, 0) is 11.8 Å². The summed E-state index contributed by atoms with van der Waals surface area (Å²) in [6, 6.07) is 0.197. The molecule has 15 heavy (non-hydrogen) atoms. The third-order valence-corrected chi connectivity index (χ3v) is 3.22. The highest BCUT2D eigenvalue weighted by Gasteiger charge is 2.33. The molecule has 0 bridgehead atoms. The van der Waals surface area contributed by atoms with Crippen molar-refractivity contribution in [3.8, 4) is 0 Å². The second kappa shape index (κ2) is 4.33. The molecule has 2 heterocycles. The van der Waals surface area contributed by atoms with Crippen molar-refractivity contribution in [1.29, 1.82) is 0 Å². The van der Waals surface area contributed by atoms with Crippen molar-refractivity contribution in [3.05, 3.63) is 18.2 Å². The molecule has 0 aromatic carbocycles. The van der Waals surface area contributed by atoms with E-state index in [9.17, 15) is 0 Å². The maximum Gasteiger partial charge on any atom is 0.128 e. The lowest BCUT2D eigenvalue weighted by Crippen LogP contribution is -2.34. The second-order valence-electron chi connectivity index (χ2n) is 4.26. The molecule has 1 saturated heterocycles. The molecule has 0 amide bonds. The van der Waals surface area contributed by atoms with E-state index >= 15 is 0 Å². The highest BCUT2D eigenvalue weighted by Crippen LogP contribution is 2.29. The van der Waals surface area contributed by atoms with E-state index in [4.69, 9.17) is 4.74 Å². The van der Waals surface area contributed by atoms with Crippen LogP contribution in [0.5, 0.6) is 0 Å². The number of likely N-dealkylation sites (N-methyl/N-ethyl adjacent to an activating group) is 1. The van der Waals surface area contributed by atoms with Crippen molar-refractivity contribution in [2.24, 2.45) is 13.0 Å². The number of imidazole rings is 1. The average Bonchev–Trinajstić information content (AvgIpc) is 2.80. The molecule has 1 aromatic rings. The molecule has 3 unspecified atom stereocenters. The van der Waals surface area contributed by atoms with Gasteiger partial charge >= 0.3 is 0 Å². The zero-order chi connectivity index (χ0) is 10.8. The molecular formula is C11H19N3O. The molecular weight excluding hydrogens is 190 g/mol. The largest absolute Gasteiger partial charge is 0.376 e. The number of aryl methyl sites for hydroxylation is 1. The summed E-state index contributed by atoms with van der Waals surface area (Å²) in [7, 11) is 3.99. The first-order chi connectivity index (χ1) is 7.24. The van der Waals surface area contributed by atoms with E-state index in [1.165, 1.54) is 0 Å². The van der Waals surface area contributed by atoms with Gasteiger partial charge in [-0.1, -0.05) is 6.92 Å². The van der Waals surface area contributed by atoms with Crippen LogP contribution in [0, 0.1) is 5.92 Å². The number of nitrogens with zero attached hydrogens (tertiary/aromatic N) is 2. The van der Waals surface area contributed by atoms with Gasteiger partial charge < -0.3 is 14.6 Å². The van der Waals surface area contributed by atoms with Crippen LogP contribution in [0.1, 0.15) is 25.2 Å². The van der Waals surface area contributed by atoms with Crippen LogP contribution in [0.4, 0.5) is 0 Å². The van der Waals surface area contributed by atoms with Crippen molar-refractivity contribution in [3.63, 3.8) is 0 Å². The van der Waals surface area contributed by atoms with Crippen LogP contribution < -0.4 is 5.32 Å². The SMILES string of the molecule is CNC(c1nccn1C)C1OCCC1C. The third-order valence-electron chi connectivity index (χ3n) is 3.22. The molecule has 1 aliphatic heterocycles. The Kier molecular flexibility index (Phi) is 3.07. The Labute approximate surface area is 90.6 Å². The number of hydrogen-bond donors (Lipinski definition) is 1. The van der Waals surface area contributed by atoms with E-state index in [0.717, 1.165) is 18.9 Å². The van der Waals surface area contributed by atoms with Gasteiger partial charge in [-0.2, -0.15) is 0 Å². The fourth-order valence-corrected chi connectivity index (χ4v) is 2.26. The summed E-state index contributed by atoms with van der Waals surface area (Å²) in [4.78, 5) is 4.39. The number of nitrogens with one attached hydrogen (secondary N) is 1. The fraction of sp³-hybridized carbons (Fsp3) is 0.727. The predicted octanol–water partition coefficient (Wildman–Crippen LogP) is 1.11. The Balaban J connectivity index is 2.20. The second-order valence-corrected chi connectivity index (χ2v) is 4.26. The molecule has 2 rings (SSSR count). The van der Waals surface area contributed by atoms with Gasteiger partial charge in [-0.25, -0.2) is 4.98 Å². The first kappa shape index (κ1) is 10.6. The first-order valence-electron chi connectivity index (χ1n) is 5.50. The summed E-state index contributed by atoms with van der Waals surface area (Å²) in [6.45, 7) is 3.11.